The van der Waals surface area contributed by atoms with E-state index in [2.05, 4.69) is 23.7 Å². The Balaban J connectivity index is 2.01. The number of unbranched alkanes of at least 4 members (excludes halogenated alkanes) is 3. The number of aromatic nitrogens is 1. The molecule has 0 fully saturated rings. The van der Waals surface area contributed by atoms with Gasteiger partial charge in [0.2, 0.25) is 0 Å². The Kier molecular flexibility index (Phi) is 5.32. The first-order chi connectivity index (χ1) is 9.79. The second kappa shape index (κ2) is 7.45. The summed E-state index contributed by atoms with van der Waals surface area (Å²) in [6.45, 7) is 2.19. The zero-order valence-corrected chi connectivity index (χ0v) is 11.7. The van der Waals surface area contributed by atoms with Gasteiger partial charge in [-0.25, -0.2) is 4.39 Å². The van der Waals surface area contributed by atoms with E-state index in [1.165, 1.54) is 25.0 Å². The van der Waals surface area contributed by atoms with Crippen LogP contribution in [0.5, 0.6) is 0 Å². The van der Waals surface area contributed by atoms with Crippen LogP contribution in [-0.2, 0) is 0 Å². The van der Waals surface area contributed by atoms with Crippen molar-refractivity contribution in [1.29, 1.82) is 0 Å². The minimum Gasteiger partial charge on any atom is -0.255 e. The molecule has 2 heteroatoms. The standard InChI is InChI=1S/C18H18FN/c1-2-3-4-5-6-7-15-8-13-18(20-14-15)16-9-11-17(19)12-10-16/h8-14H,2-5H2,1H3. The Hall–Kier alpha value is -2.14. The van der Waals surface area contributed by atoms with Crippen molar-refractivity contribution in [2.75, 3.05) is 0 Å². The number of halogens is 1. The molecule has 0 spiro atoms. The summed E-state index contributed by atoms with van der Waals surface area (Å²) in [6, 6.07) is 10.2. The molecule has 20 heavy (non-hydrogen) atoms. The SMILES string of the molecule is CCCCCC#Cc1ccc(-c2ccc(F)cc2)nc1. The third kappa shape index (κ3) is 4.20. The molecular formula is C18H18FN. The summed E-state index contributed by atoms with van der Waals surface area (Å²) < 4.78 is 12.9. The van der Waals surface area contributed by atoms with Crippen LogP contribution in [-0.4, -0.2) is 4.98 Å². The zero-order chi connectivity index (χ0) is 14.2. The van der Waals surface area contributed by atoms with Crippen molar-refractivity contribution in [3.05, 3.63) is 54.0 Å². The van der Waals surface area contributed by atoms with Crippen molar-refractivity contribution in [1.82, 2.24) is 4.98 Å². The molecule has 0 saturated carbocycles. The maximum Gasteiger partial charge on any atom is 0.123 e. The third-order valence-electron chi connectivity index (χ3n) is 3.04. The fraction of sp³-hybridized carbons (Fsp3) is 0.278. The molecule has 2 aromatic rings. The van der Waals surface area contributed by atoms with Gasteiger partial charge in [0.1, 0.15) is 5.82 Å². The Morgan fingerprint density at radius 3 is 2.50 bits per heavy atom. The topological polar surface area (TPSA) is 12.9 Å². The van der Waals surface area contributed by atoms with Crippen molar-refractivity contribution < 1.29 is 4.39 Å². The lowest BCUT2D eigenvalue weighted by atomic mass is 10.1. The van der Waals surface area contributed by atoms with Crippen molar-refractivity contribution in [3.8, 4) is 23.1 Å². The van der Waals surface area contributed by atoms with Gasteiger partial charge in [-0.1, -0.05) is 31.6 Å². The van der Waals surface area contributed by atoms with Crippen LogP contribution in [0.1, 0.15) is 38.2 Å². The van der Waals surface area contributed by atoms with E-state index in [1.54, 1.807) is 18.3 Å². The summed E-state index contributed by atoms with van der Waals surface area (Å²) in [4.78, 5) is 4.37. The van der Waals surface area contributed by atoms with Gasteiger partial charge in [0.15, 0.2) is 0 Å². The van der Waals surface area contributed by atoms with Gasteiger partial charge >= 0.3 is 0 Å². The van der Waals surface area contributed by atoms with Gasteiger partial charge in [0.05, 0.1) is 5.69 Å². The number of pyridine rings is 1. The zero-order valence-electron chi connectivity index (χ0n) is 11.7. The summed E-state index contributed by atoms with van der Waals surface area (Å²) in [5, 5.41) is 0. The number of hydrogen-bond donors (Lipinski definition) is 0. The molecule has 1 aromatic heterocycles. The maximum atomic E-state index is 12.9. The van der Waals surface area contributed by atoms with E-state index in [0.29, 0.717) is 0 Å². The molecule has 1 heterocycles. The van der Waals surface area contributed by atoms with Gasteiger partial charge in [-0.3, -0.25) is 4.98 Å². The van der Waals surface area contributed by atoms with Gasteiger partial charge in [0.25, 0.3) is 0 Å². The van der Waals surface area contributed by atoms with Crippen LogP contribution in [0.4, 0.5) is 4.39 Å². The highest BCUT2D eigenvalue weighted by molar-refractivity contribution is 5.59. The first-order valence-corrected chi connectivity index (χ1v) is 7.00. The average molecular weight is 267 g/mol. The molecule has 0 N–H and O–H groups in total. The lowest BCUT2D eigenvalue weighted by molar-refractivity contribution is 0.628. The highest BCUT2D eigenvalue weighted by atomic mass is 19.1. The fourth-order valence-corrected chi connectivity index (χ4v) is 1.89. The summed E-state index contributed by atoms with van der Waals surface area (Å²) in [7, 11) is 0. The molecule has 0 bridgehead atoms. The van der Waals surface area contributed by atoms with Gasteiger partial charge in [-0.05, 0) is 42.8 Å². The van der Waals surface area contributed by atoms with E-state index in [9.17, 15) is 4.39 Å². The van der Waals surface area contributed by atoms with Crippen LogP contribution in [0.2, 0.25) is 0 Å². The Morgan fingerprint density at radius 1 is 1.05 bits per heavy atom. The van der Waals surface area contributed by atoms with Crippen molar-refractivity contribution in [3.63, 3.8) is 0 Å². The molecule has 102 valence electrons. The summed E-state index contributed by atoms with van der Waals surface area (Å²) in [6.07, 6.45) is 6.32. The smallest absolute Gasteiger partial charge is 0.123 e. The van der Waals surface area contributed by atoms with Gasteiger partial charge in [0, 0.05) is 23.7 Å². The molecule has 0 atom stereocenters. The summed E-state index contributed by atoms with van der Waals surface area (Å²) in [5.41, 5.74) is 2.67. The molecule has 0 unspecified atom stereocenters. The van der Waals surface area contributed by atoms with Gasteiger partial charge in [-0.15, -0.1) is 0 Å². The maximum absolute atomic E-state index is 12.9. The first-order valence-electron chi connectivity index (χ1n) is 7.00. The molecular weight excluding hydrogens is 249 g/mol. The Bertz CT molecular complexity index is 588. The number of benzene rings is 1. The van der Waals surface area contributed by atoms with Crippen LogP contribution in [0.15, 0.2) is 42.6 Å². The lowest BCUT2D eigenvalue weighted by Gasteiger charge is -2.00. The summed E-state index contributed by atoms with van der Waals surface area (Å²) in [5.74, 6) is 6.05. The minimum atomic E-state index is -0.233. The van der Waals surface area contributed by atoms with E-state index in [1.807, 2.05) is 12.1 Å². The van der Waals surface area contributed by atoms with Crippen LogP contribution >= 0.6 is 0 Å². The third-order valence-corrected chi connectivity index (χ3v) is 3.04. The minimum absolute atomic E-state index is 0.233. The van der Waals surface area contributed by atoms with Crippen molar-refractivity contribution in [2.24, 2.45) is 0 Å². The second-order valence-corrected chi connectivity index (χ2v) is 4.70. The van der Waals surface area contributed by atoms with Gasteiger partial charge in [-0.2, -0.15) is 0 Å². The van der Waals surface area contributed by atoms with Crippen molar-refractivity contribution in [2.45, 2.75) is 32.6 Å². The monoisotopic (exact) mass is 267 g/mol. The average Bonchev–Trinajstić information content (AvgIpc) is 2.49. The lowest BCUT2D eigenvalue weighted by Crippen LogP contribution is -1.85. The number of nitrogens with zero attached hydrogens (tertiary/aromatic N) is 1. The highest BCUT2D eigenvalue weighted by Crippen LogP contribution is 2.17. The van der Waals surface area contributed by atoms with Crippen LogP contribution < -0.4 is 0 Å². The highest BCUT2D eigenvalue weighted by Gasteiger charge is 1.99. The molecule has 0 radical (unpaired) electrons. The Labute approximate surface area is 119 Å². The quantitative estimate of drug-likeness (QED) is 0.571. The van der Waals surface area contributed by atoms with Crippen LogP contribution in [0.3, 0.4) is 0 Å². The van der Waals surface area contributed by atoms with E-state index in [4.69, 9.17) is 0 Å². The fourth-order valence-electron chi connectivity index (χ4n) is 1.89. The molecule has 1 nitrogen and oxygen atoms in total. The molecule has 1 aromatic carbocycles. The van der Waals surface area contributed by atoms with E-state index >= 15 is 0 Å². The summed E-state index contributed by atoms with van der Waals surface area (Å²) >= 11 is 0. The molecule has 0 saturated heterocycles. The second-order valence-electron chi connectivity index (χ2n) is 4.70. The van der Waals surface area contributed by atoms with Gasteiger partial charge < -0.3 is 0 Å². The molecule has 0 aliphatic rings. The molecule has 0 aliphatic heterocycles. The number of hydrogen-bond acceptors (Lipinski definition) is 1. The van der Waals surface area contributed by atoms with E-state index < -0.39 is 0 Å². The largest absolute Gasteiger partial charge is 0.255 e. The Morgan fingerprint density at radius 2 is 1.85 bits per heavy atom. The van der Waals surface area contributed by atoms with Crippen LogP contribution in [0, 0.1) is 17.7 Å². The van der Waals surface area contributed by atoms with Crippen LogP contribution in [0.25, 0.3) is 11.3 Å². The molecule has 0 aliphatic carbocycles. The van der Waals surface area contributed by atoms with E-state index in [0.717, 1.165) is 29.7 Å². The predicted molar refractivity (Wildman–Crippen MR) is 80.7 cm³/mol. The predicted octanol–water partition coefficient (Wildman–Crippen LogP) is 4.82. The van der Waals surface area contributed by atoms with Crippen molar-refractivity contribution >= 4 is 0 Å². The normalized spacial score (nSPS) is 9.90. The van der Waals surface area contributed by atoms with E-state index in [-0.39, 0.29) is 5.82 Å². The molecule has 0 amide bonds. The first kappa shape index (κ1) is 14.3. The number of rotatable bonds is 4. The molecule has 2 rings (SSSR count).